The Morgan fingerprint density at radius 1 is 1.08 bits per heavy atom. The van der Waals surface area contributed by atoms with E-state index in [1.165, 1.54) is 5.56 Å². The summed E-state index contributed by atoms with van der Waals surface area (Å²) in [6, 6.07) is 7.95. The third-order valence-electron chi connectivity index (χ3n) is 1.90. The molecule has 0 fully saturated rings. The summed E-state index contributed by atoms with van der Waals surface area (Å²) in [5.74, 6) is 2.36. The number of hydrogen-bond donors (Lipinski definition) is 0. The zero-order chi connectivity index (χ0) is 9.19. The van der Waals surface area contributed by atoms with Gasteiger partial charge in [0.2, 0.25) is 0 Å². The van der Waals surface area contributed by atoms with Crippen LogP contribution in [0.25, 0.3) is 0 Å². The molecule has 0 unspecified atom stereocenters. The molecule has 0 heterocycles. The molecule has 12 heavy (non-hydrogen) atoms. The average Bonchev–Trinajstić information content (AvgIpc) is 2.03. The van der Waals surface area contributed by atoms with Gasteiger partial charge in [0, 0.05) is 5.56 Å². The Bertz CT molecular complexity index is 290. The summed E-state index contributed by atoms with van der Waals surface area (Å²) in [5, 5.41) is 0. The van der Waals surface area contributed by atoms with Gasteiger partial charge in [-0.05, 0) is 29.5 Å². The second-order valence-corrected chi connectivity index (χ2v) is 3.95. The highest BCUT2D eigenvalue weighted by Crippen LogP contribution is 2.21. The van der Waals surface area contributed by atoms with Gasteiger partial charge in [0.05, 0.1) is 0 Å². The number of hydrogen-bond acceptors (Lipinski definition) is 0. The summed E-state index contributed by atoms with van der Waals surface area (Å²) in [5.41, 5.74) is 2.32. The first kappa shape index (κ1) is 8.87. The van der Waals surface area contributed by atoms with Crippen LogP contribution in [0, 0.1) is 12.3 Å². The van der Waals surface area contributed by atoms with Gasteiger partial charge in [0.1, 0.15) is 0 Å². The zero-order valence-corrected chi connectivity index (χ0v) is 7.81. The molecule has 0 aliphatic carbocycles. The van der Waals surface area contributed by atoms with Gasteiger partial charge in [0.25, 0.3) is 0 Å². The first-order valence-corrected chi connectivity index (χ1v) is 4.07. The van der Waals surface area contributed by atoms with Gasteiger partial charge in [0.15, 0.2) is 0 Å². The highest BCUT2D eigenvalue weighted by molar-refractivity contribution is 5.35. The van der Waals surface area contributed by atoms with Crippen molar-refractivity contribution in [3.8, 4) is 5.92 Å². The van der Waals surface area contributed by atoms with Crippen LogP contribution < -0.4 is 0 Å². The minimum atomic E-state index is 0.195. The second kappa shape index (κ2) is 3.03. The lowest BCUT2D eigenvalue weighted by molar-refractivity contribution is 0.590. The van der Waals surface area contributed by atoms with Crippen LogP contribution >= 0.6 is 0 Å². The smallest absolute Gasteiger partial charge is 0.0255 e. The van der Waals surface area contributed by atoms with Gasteiger partial charge in [-0.2, -0.15) is 0 Å². The van der Waals surface area contributed by atoms with Crippen LogP contribution in [0.4, 0.5) is 0 Å². The van der Waals surface area contributed by atoms with Crippen molar-refractivity contribution in [3.05, 3.63) is 41.8 Å². The highest BCUT2D eigenvalue weighted by atomic mass is 14.2. The fourth-order valence-corrected chi connectivity index (χ4v) is 1.05. The van der Waals surface area contributed by atoms with Crippen LogP contribution in [0.3, 0.4) is 0 Å². The van der Waals surface area contributed by atoms with Gasteiger partial charge >= 0.3 is 0 Å². The van der Waals surface area contributed by atoms with Gasteiger partial charge in [-0.15, -0.1) is 0 Å². The number of rotatable bonds is 0. The molecule has 1 aromatic carbocycles. The van der Waals surface area contributed by atoms with Crippen molar-refractivity contribution in [3.63, 3.8) is 0 Å². The van der Waals surface area contributed by atoms with Crippen LogP contribution in [-0.2, 0) is 5.41 Å². The van der Waals surface area contributed by atoms with E-state index >= 15 is 0 Å². The molecule has 1 aromatic rings. The fourth-order valence-electron chi connectivity index (χ4n) is 1.05. The standard InChI is InChI=1S/C12H13/c1-5-10-6-8-11(9-7-10)12(2,3)4/h6-9H,2-4H3. The molecule has 1 rings (SSSR count). The minimum Gasteiger partial charge on any atom is -0.0573 e. The topological polar surface area (TPSA) is 0 Å². The third-order valence-corrected chi connectivity index (χ3v) is 1.90. The van der Waals surface area contributed by atoms with E-state index in [2.05, 4.69) is 38.8 Å². The Balaban J connectivity index is 3.02. The van der Waals surface area contributed by atoms with E-state index in [0.29, 0.717) is 0 Å². The van der Waals surface area contributed by atoms with E-state index in [0.717, 1.165) is 5.56 Å². The van der Waals surface area contributed by atoms with Gasteiger partial charge < -0.3 is 0 Å². The first-order chi connectivity index (χ1) is 5.54. The van der Waals surface area contributed by atoms with E-state index in [1.54, 1.807) is 0 Å². The largest absolute Gasteiger partial charge is 0.0573 e. The monoisotopic (exact) mass is 157 g/mol. The Hall–Kier alpha value is -1.22. The fraction of sp³-hybridized carbons (Fsp3) is 0.333. The van der Waals surface area contributed by atoms with Crippen LogP contribution in [0.2, 0.25) is 0 Å². The van der Waals surface area contributed by atoms with Gasteiger partial charge in [-0.1, -0.05) is 38.8 Å². The highest BCUT2D eigenvalue weighted by Gasteiger charge is 2.12. The summed E-state index contributed by atoms with van der Waals surface area (Å²) >= 11 is 0. The lowest BCUT2D eigenvalue weighted by Gasteiger charge is -2.18. The van der Waals surface area contributed by atoms with Crippen LogP contribution in [0.15, 0.2) is 24.3 Å². The maximum absolute atomic E-state index is 6.92. The summed E-state index contributed by atoms with van der Waals surface area (Å²) in [7, 11) is 0. The molecule has 0 amide bonds. The van der Waals surface area contributed by atoms with Crippen molar-refractivity contribution in [1.82, 2.24) is 0 Å². The Morgan fingerprint density at radius 2 is 1.58 bits per heavy atom. The SMILES string of the molecule is [C]#Cc1ccc(C(C)(C)C)cc1. The lowest BCUT2D eigenvalue weighted by Crippen LogP contribution is -2.10. The third kappa shape index (κ3) is 1.89. The molecule has 0 nitrogen and oxygen atoms in total. The number of benzene rings is 1. The van der Waals surface area contributed by atoms with Crippen molar-refractivity contribution < 1.29 is 0 Å². The quantitative estimate of drug-likeness (QED) is 0.508. The molecule has 0 N–H and O–H groups in total. The van der Waals surface area contributed by atoms with Crippen molar-refractivity contribution >= 4 is 0 Å². The average molecular weight is 157 g/mol. The molecule has 1 radical (unpaired) electrons. The molecule has 0 heteroatoms. The maximum atomic E-state index is 6.92. The van der Waals surface area contributed by atoms with Crippen LogP contribution in [0.5, 0.6) is 0 Å². The van der Waals surface area contributed by atoms with E-state index in [1.807, 2.05) is 12.1 Å². The predicted octanol–water partition coefficient (Wildman–Crippen LogP) is 2.92. The molecule has 0 bridgehead atoms. The molecule has 0 aliphatic heterocycles. The predicted molar refractivity (Wildman–Crippen MR) is 51.4 cm³/mol. The molecular weight excluding hydrogens is 144 g/mol. The molecule has 0 saturated heterocycles. The van der Waals surface area contributed by atoms with Crippen molar-refractivity contribution in [2.24, 2.45) is 0 Å². The second-order valence-electron chi connectivity index (χ2n) is 3.95. The molecule has 0 aliphatic rings. The van der Waals surface area contributed by atoms with E-state index in [9.17, 15) is 0 Å². The first-order valence-electron chi connectivity index (χ1n) is 4.07. The molecule has 0 spiro atoms. The molecular formula is C12H13. The molecule has 0 aromatic heterocycles. The summed E-state index contributed by atoms with van der Waals surface area (Å²) in [4.78, 5) is 0. The van der Waals surface area contributed by atoms with Crippen molar-refractivity contribution in [2.75, 3.05) is 0 Å². The van der Waals surface area contributed by atoms with E-state index in [-0.39, 0.29) is 5.41 Å². The normalized spacial score (nSPS) is 10.8. The minimum absolute atomic E-state index is 0.195. The maximum Gasteiger partial charge on any atom is 0.0255 e. The lowest BCUT2D eigenvalue weighted by atomic mass is 9.87. The van der Waals surface area contributed by atoms with Crippen LogP contribution in [-0.4, -0.2) is 0 Å². The van der Waals surface area contributed by atoms with Crippen molar-refractivity contribution in [2.45, 2.75) is 26.2 Å². The van der Waals surface area contributed by atoms with E-state index in [4.69, 9.17) is 6.42 Å². The summed E-state index contributed by atoms with van der Waals surface area (Å²) < 4.78 is 0. The Labute approximate surface area is 74.6 Å². The molecule has 0 saturated carbocycles. The molecule has 0 atom stereocenters. The zero-order valence-electron chi connectivity index (χ0n) is 7.81. The molecule has 61 valence electrons. The van der Waals surface area contributed by atoms with Crippen molar-refractivity contribution in [1.29, 1.82) is 0 Å². The Morgan fingerprint density at radius 3 is 1.92 bits per heavy atom. The summed E-state index contributed by atoms with van der Waals surface area (Å²) in [6.45, 7) is 6.53. The van der Waals surface area contributed by atoms with Crippen LogP contribution in [0.1, 0.15) is 31.9 Å². The Kier molecular flexibility index (Phi) is 2.24. The van der Waals surface area contributed by atoms with Gasteiger partial charge in [-0.25, -0.2) is 0 Å². The van der Waals surface area contributed by atoms with E-state index < -0.39 is 0 Å². The van der Waals surface area contributed by atoms with Gasteiger partial charge in [-0.3, -0.25) is 0 Å². The summed E-state index contributed by atoms with van der Waals surface area (Å²) in [6.07, 6.45) is 6.92.